The monoisotopic (exact) mass is 238 g/mol. The van der Waals surface area contributed by atoms with Crippen molar-refractivity contribution in [1.29, 1.82) is 0 Å². The Kier molecular flexibility index (Phi) is 4.90. The molecule has 0 fully saturated rings. The molecular weight excluding hydrogens is 216 g/mol. The van der Waals surface area contributed by atoms with Crippen molar-refractivity contribution in [2.45, 2.75) is 38.8 Å². The standard InChI is InChI=1S/C13H22N2O2/c1-10(14)11-5-7-15-12(9-11)17-8-6-13(2,3)16-4/h5,7,9-10H,6,8,14H2,1-4H3/t10-/m0/s1. The lowest BCUT2D eigenvalue weighted by Crippen LogP contribution is -2.25. The van der Waals surface area contributed by atoms with E-state index >= 15 is 0 Å². The molecule has 0 saturated carbocycles. The summed E-state index contributed by atoms with van der Waals surface area (Å²) in [5.74, 6) is 0.617. The third-order valence-corrected chi connectivity index (χ3v) is 2.79. The van der Waals surface area contributed by atoms with Gasteiger partial charge in [0.05, 0.1) is 12.2 Å². The van der Waals surface area contributed by atoms with Crippen molar-refractivity contribution in [2.24, 2.45) is 5.73 Å². The Morgan fingerprint density at radius 1 is 1.47 bits per heavy atom. The molecule has 1 aromatic heterocycles. The Bertz CT molecular complexity index is 351. The van der Waals surface area contributed by atoms with Crippen LogP contribution < -0.4 is 10.5 Å². The van der Waals surface area contributed by atoms with Gasteiger partial charge in [-0.15, -0.1) is 0 Å². The largest absolute Gasteiger partial charge is 0.478 e. The highest BCUT2D eigenvalue weighted by Gasteiger charge is 2.16. The molecule has 1 heterocycles. The van der Waals surface area contributed by atoms with Gasteiger partial charge in [0.1, 0.15) is 0 Å². The van der Waals surface area contributed by atoms with Gasteiger partial charge in [-0.25, -0.2) is 4.98 Å². The van der Waals surface area contributed by atoms with Crippen LogP contribution in [0.15, 0.2) is 18.3 Å². The van der Waals surface area contributed by atoms with Crippen LogP contribution in [0.1, 0.15) is 38.8 Å². The van der Waals surface area contributed by atoms with E-state index in [9.17, 15) is 0 Å². The van der Waals surface area contributed by atoms with Gasteiger partial charge in [-0.2, -0.15) is 0 Å². The Balaban J connectivity index is 2.50. The Morgan fingerprint density at radius 3 is 2.76 bits per heavy atom. The lowest BCUT2D eigenvalue weighted by Gasteiger charge is -2.22. The van der Waals surface area contributed by atoms with E-state index in [1.54, 1.807) is 13.3 Å². The van der Waals surface area contributed by atoms with Gasteiger partial charge in [-0.05, 0) is 32.4 Å². The number of methoxy groups -OCH3 is 1. The van der Waals surface area contributed by atoms with Crippen LogP contribution in [0.2, 0.25) is 0 Å². The first-order valence-electron chi connectivity index (χ1n) is 5.84. The molecule has 1 aromatic rings. The lowest BCUT2D eigenvalue weighted by molar-refractivity contribution is 0.00508. The normalized spacial score (nSPS) is 13.5. The van der Waals surface area contributed by atoms with Crippen molar-refractivity contribution in [3.05, 3.63) is 23.9 Å². The van der Waals surface area contributed by atoms with Crippen molar-refractivity contribution in [2.75, 3.05) is 13.7 Å². The van der Waals surface area contributed by atoms with Crippen LogP contribution in [0.3, 0.4) is 0 Å². The molecule has 1 rings (SSSR count). The minimum Gasteiger partial charge on any atom is -0.478 e. The molecule has 4 heteroatoms. The second-order valence-electron chi connectivity index (χ2n) is 4.78. The molecule has 0 radical (unpaired) electrons. The van der Waals surface area contributed by atoms with Crippen LogP contribution in [0, 0.1) is 0 Å². The van der Waals surface area contributed by atoms with E-state index in [4.69, 9.17) is 15.2 Å². The predicted octanol–water partition coefficient (Wildman–Crippen LogP) is 2.30. The number of hydrogen-bond acceptors (Lipinski definition) is 4. The molecule has 0 aliphatic heterocycles. The predicted molar refractivity (Wildman–Crippen MR) is 68.0 cm³/mol. The maximum atomic E-state index is 5.80. The molecule has 0 aliphatic carbocycles. The first-order valence-corrected chi connectivity index (χ1v) is 5.84. The van der Waals surface area contributed by atoms with Gasteiger partial charge in [0.15, 0.2) is 0 Å². The summed E-state index contributed by atoms with van der Waals surface area (Å²) in [5.41, 5.74) is 6.66. The summed E-state index contributed by atoms with van der Waals surface area (Å²) < 4.78 is 10.9. The van der Waals surface area contributed by atoms with Crippen LogP contribution in [-0.4, -0.2) is 24.3 Å². The Labute approximate surface area is 103 Å². The number of nitrogens with two attached hydrogens (primary N) is 1. The van der Waals surface area contributed by atoms with Gasteiger partial charge in [0, 0.05) is 31.8 Å². The zero-order valence-corrected chi connectivity index (χ0v) is 11.1. The lowest BCUT2D eigenvalue weighted by atomic mass is 10.1. The third kappa shape index (κ3) is 4.71. The number of pyridine rings is 1. The van der Waals surface area contributed by atoms with Crippen molar-refractivity contribution in [3.8, 4) is 5.88 Å². The van der Waals surface area contributed by atoms with Gasteiger partial charge in [-0.1, -0.05) is 0 Å². The second-order valence-corrected chi connectivity index (χ2v) is 4.78. The molecule has 0 aliphatic rings. The smallest absolute Gasteiger partial charge is 0.213 e. The van der Waals surface area contributed by atoms with E-state index in [1.807, 2.05) is 32.9 Å². The fraction of sp³-hybridized carbons (Fsp3) is 0.615. The molecule has 0 amide bonds. The SMILES string of the molecule is COC(C)(C)CCOc1cc([C@H](C)N)ccn1. The van der Waals surface area contributed by atoms with Crippen LogP contribution in [0.25, 0.3) is 0 Å². The first kappa shape index (κ1) is 13.9. The molecular formula is C13H22N2O2. The number of nitrogens with zero attached hydrogens (tertiary/aromatic N) is 1. The summed E-state index contributed by atoms with van der Waals surface area (Å²) in [6.45, 7) is 6.58. The molecule has 96 valence electrons. The fourth-order valence-corrected chi connectivity index (χ4v) is 1.29. The molecule has 4 nitrogen and oxygen atoms in total. The molecule has 0 unspecified atom stereocenters. The number of ether oxygens (including phenoxy) is 2. The van der Waals surface area contributed by atoms with Crippen molar-refractivity contribution >= 4 is 0 Å². The minimum absolute atomic E-state index is 0.00392. The number of aromatic nitrogens is 1. The summed E-state index contributed by atoms with van der Waals surface area (Å²) in [4.78, 5) is 4.15. The molecule has 0 saturated heterocycles. The summed E-state index contributed by atoms with van der Waals surface area (Å²) in [6.07, 6.45) is 2.53. The fourth-order valence-electron chi connectivity index (χ4n) is 1.29. The molecule has 17 heavy (non-hydrogen) atoms. The van der Waals surface area contributed by atoms with Gasteiger partial charge in [-0.3, -0.25) is 0 Å². The van der Waals surface area contributed by atoms with E-state index in [-0.39, 0.29) is 11.6 Å². The molecule has 0 spiro atoms. The zero-order chi connectivity index (χ0) is 12.9. The third-order valence-electron chi connectivity index (χ3n) is 2.79. The average molecular weight is 238 g/mol. The van der Waals surface area contributed by atoms with Crippen LogP contribution in [0.4, 0.5) is 0 Å². The summed E-state index contributed by atoms with van der Waals surface area (Å²) in [5, 5.41) is 0. The highest BCUT2D eigenvalue weighted by molar-refractivity contribution is 5.22. The summed E-state index contributed by atoms with van der Waals surface area (Å²) in [6, 6.07) is 3.77. The average Bonchev–Trinajstić information content (AvgIpc) is 2.29. The minimum atomic E-state index is -0.168. The van der Waals surface area contributed by atoms with Gasteiger partial charge < -0.3 is 15.2 Å². The molecule has 2 N–H and O–H groups in total. The van der Waals surface area contributed by atoms with E-state index in [2.05, 4.69) is 4.98 Å². The molecule has 0 bridgehead atoms. The second kappa shape index (κ2) is 5.98. The van der Waals surface area contributed by atoms with Crippen molar-refractivity contribution < 1.29 is 9.47 Å². The molecule has 1 atom stereocenters. The van der Waals surface area contributed by atoms with Gasteiger partial charge in [0.2, 0.25) is 5.88 Å². The van der Waals surface area contributed by atoms with Crippen LogP contribution >= 0.6 is 0 Å². The van der Waals surface area contributed by atoms with E-state index in [0.717, 1.165) is 12.0 Å². The van der Waals surface area contributed by atoms with Gasteiger partial charge >= 0.3 is 0 Å². The van der Waals surface area contributed by atoms with Crippen LogP contribution in [0.5, 0.6) is 5.88 Å². The molecule has 0 aromatic carbocycles. The quantitative estimate of drug-likeness (QED) is 0.826. The maximum Gasteiger partial charge on any atom is 0.213 e. The maximum absolute atomic E-state index is 5.80. The Morgan fingerprint density at radius 2 is 2.18 bits per heavy atom. The summed E-state index contributed by atoms with van der Waals surface area (Å²) >= 11 is 0. The van der Waals surface area contributed by atoms with E-state index in [0.29, 0.717) is 12.5 Å². The van der Waals surface area contributed by atoms with E-state index < -0.39 is 0 Å². The zero-order valence-electron chi connectivity index (χ0n) is 11.1. The van der Waals surface area contributed by atoms with Gasteiger partial charge in [0.25, 0.3) is 0 Å². The van der Waals surface area contributed by atoms with Crippen LogP contribution in [-0.2, 0) is 4.74 Å². The van der Waals surface area contributed by atoms with Crippen molar-refractivity contribution in [3.63, 3.8) is 0 Å². The number of rotatable bonds is 6. The van der Waals surface area contributed by atoms with E-state index in [1.165, 1.54) is 0 Å². The Hall–Kier alpha value is -1.13. The highest BCUT2D eigenvalue weighted by atomic mass is 16.5. The first-order chi connectivity index (χ1) is 7.94. The summed E-state index contributed by atoms with van der Waals surface area (Å²) in [7, 11) is 1.70. The number of hydrogen-bond donors (Lipinski definition) is 1. The van der Waals surface area contributed by atoms with Crippen molar-refractivity contribution in [1.82, 2.24) is 4.98 Å². The highest BCUT2D eigenvalue weighted by Crippen LogP contribution is 2.17. The topological polar surface area (TPSA) is 57.4 Å².